The molecular formula is C27H34N6O5. The third kappa shape index (κ3) is 7.56. The van der Waals surface area contributed by atoms with Crippen molar-refractivity contribution in [2.75, 3.05) is 57.7 Å². The molecule has 3 rings (SSSR count). The monoisotopic (exact) mass is 522 g/mol. The Morgan fingerprint density at radius 1 is 0.947 bits per heavy atom. The fourth-order valence-corrected chi connectivity index (χ4v) is 3.52. The fourth-order valence-electron chi connectivity index (χ4n) is 3.52. The van der Waals surface area contributed by atoms with E-state index in [1.165, 1.54) is 32.4 Å². The molecule has 1 heterocycles. The summed E-state index contributed by atoms with van der Waals surface area (Å²) in [5.41, 5.74) is 1.24. The first-order valence-corrected chi connectivity index (χ1v) is 12.3. The third-order valence-corrected chi connectivity index (χ3v) is 5.84. The zero-order valence-corrected chi connectivity index (χ0v) is 22.4. The highest BCUT2D eigenvalue weighted by molar-refractivity contribution is 5.94. The van der Waals surface area contributed by atoms with Gasteiger partial charge in [0, 0.05) is 43.7 Å². The average Bonchev–Trinajstić information content (AvgIpc) is 2.95. The Hall–Kier alpha value is -4.38. The predicted molar refractivity (Wildman–Crippen MR) is 146 cm³/mol. The van der Waals surface area contributed by atoms with Crippen LogP contribution in [0.1, 0.15) is 24.2 Å². The minimum atomic E-state index is -0.669. The molecule has 0 unspecified atom stereocenters. The highest BCUT2D eigenvalue weighted by Crippen LogP contribution is 2.32. The zero-order chi connectivity index (χ0) is 27.5. The van der Waals surface area contributed by atoms with Gasteiger partial charge in [0.15, 0.2) is 11.5 Å². The zero-order valence-electron chi connectivity index (χ0n) is 22.4. The Bertz CT molecular complexity index is 1220. The summed E-state index contributed by atoms with van der Waals surface area (Å²) in [5, 5.41) is 6.02. The van der Waals surface area contributed by atoms with Gasteiger partial charge in [-0.05, 0) is 55.6 Å². The standard InChI is InChI=1S/C27H34N6O5/c1-6-33(7-2)17-16-28-25(34)19-8-10-20(11-9-19)30-26-29-15-14-24(31-26)32(3)27(35)38-23-18-21(36-4)12-13-22(23)37-5/h8-15,18H,6-7,16-17H2,1-5H3,(H,28,34)(H,29,30,31). The molecule has 2 amide bonds. The summed E-state index contributed by atoms with van der Waals surface area (Å²) in [6, 6.07) is 13.5. The van der Waals surface area contributed by atoms with E-state index < -0.39 is 6.09 Å². The molecule has 11 heteroatoms. The van der Waals surface area contributed by atoms with Crippen molar-refractivity contribution in [1.29, 1.82) is 0 Å². The Balaban J connectivity index is 1.61. The van der Waals surface area contributed by atoms with Crippen LogP contribution in [0.5, 0.6) is 17.2 Å². The van der Waals surface area contributed by atoms with Crippen molar-refractivity contribution in [3.05, 3.63) is 60.3 Å². The van der Waals surface area contributed by atoms with Gasteiger partial charge in [-0.2, -0.15) is 4.98 Å². The molecule has 0 aliphatic rings. The number of amides is 2. The molecule has 0 atom stereocenters. The molecule has 202 valence electrons. The van der Waals surface area contributed by atoms with E-state index in [0.29, 0.717) is 35.1 Å². The molecule has 0 saturated heterocycles. The number of ether oxygens (including phenoxy) is 3. The van der Waals surface area contributed by atoms with Gasteiger partial charge in [0.2, 0.25) is 5.95 Å². The maximum absolute atomic E-state index is 12.8. The van der Waals surface area contributed by atoms with Crippen molar-refractivity contribution in [2.24, 2.45) is 0 Å². The maximum atomic E-state index is 12.8. The maximum Gasteiger partial charge on any atom is 0.420 e. The molecule has 3 aromatic rings. The summed E-state index contributed by atoms with van der Waals surface area (Å²) in [6.45, 7) is 7.48. The Labute approximate surface area is 222 Å². The lowest BCUT2D eigenvalue weighted by atomic mass is 10.2. The van der Waals surface area contributed by atoms with Crippen molar-refractivity contribution in [1.82, 2.24) is 20.2 Å². The summed E-state index contributed by atoms with van der Waals surface area (Å²) in [6.07, 6.45) is 0.857. The lowest BCUT2D eigenvalue weighted by Gasteiger charge is -2.18. The number of benzene rings is 2. The van der Waals surface area contributed by atoms with Gasteiger partial charge in [-0.1, -0.05) is 13.8 Å². The minimum absolute atomic E-state index is 0.130. The molecule has 2 N–H and O–H groups in total. The van der Waals surface area contributed by atoms with Gasteiger partial charge in [0.1, 0.15) is 11.6 Å². The Kier molecular flexibility index (Phi) is 10.2. The summed E-state index contributed by atoms with van der Waals surface area (Å²) in [7, 11) is 4.54. The van der Waals surface area contributed by atoms with Crippen LogP contribution in [0.15, 0.2) is 54.7 Å². The first kappa shape index (κ1) is 28.2. The third-order valence-electron chi connectivity index (χ3n) is 5.84. The fraction of sp³-hybridized carbons (Fsp3) is 0.333. The highest BCUT2D eigenvalue weighted by atomic mass is 16.6. The molecule has 38 heavy (non-hydrogen) atoms. The average molecular weight is 523 g/mol. The Morgan fingerprint density at radius 2 is 1.68 bits per heavy atom. The first-order chi connectivity index (χ1) is 18.4. The van der Waals surface area contributed by atoms with E-state index in [9.17, 15) is 9.59 Å². The number of hydrogen-bond acceptors (Lipinski definition) is 9. The molecule has 0 aliphatic heterocycles. The number of aromatic nitrogens is 2. The van der Waals surface area contributed by atoms with E-state index in [4.69, 9.17) is 14.2 Å². The number of anilines is 3. The second kappa shape index (κ2) is 13.8. The molecule has 0 saturated carbocycles. The van der Waals surface area contributed by atoms with E-state index >= 15 is 0 Å². The predicted octanol–water partition coefficient (Wildman–Crippen LogP) is 3.94. The molecule has 11 nitrogen and oxygen atoms in total. The Morgan fingerprint density at radius 3 is 2.34 bits per heavy atom. The lowest BCUT2D eigenvalue weighted by Crippen LogP contribution is -2.34. The van der Waals surface area contributed by atoms with Crippen LogP contribution in [0, 0.1) is 0 Å². The quantitative estimate of drug-likeness (QED) is 0.365. The van der Waals surface area contributed by atoms with Gasteiger partial charge in [0.25, 0.3) is 5.91 Å². The van der Waals surface area contributed by atoms with Crippen LogP contribution >= 0.6 is 0 Å². The second-order valence-corrected chi connectivity index (χ2v) is 8.17. The van der Waals surface area contributed by atoms with Crippen LogP contribution < -0.4 is 29.7 Å². The van der Waals surface area contributed by atoms with Crippen molar-refractivity contribution in [3.63, 3.8) is 0 Å². The topological polar surface area (TPSA) is 118 Å². The highest BCUT2D eigenvalue weighted by Gasteiger charge is 2.18. The first-order valence-electron chi connectivity index (χ1n) is 12.3. The van der Waals surface area contributed by atoms with E-state index in [1.54, 1.807) is 48.5 Å². The van der Waals surface area contributed by atoms with Crippen LogP contribution in [-0.2, 0) is 0 Å². The number of hydrogen-bond donors (Lipinski definition) is 2. The van der Waals surface area contributed by atoms with Crippen molar-refractivity contribution in [2.45, 2.75) is 13.8 Å². The molecular weight excluding hydrogens is 488 g/mol. The summed E-state index contributed by atoms with van der Waals surface area (Å²) in [5.74, 6) is 1.59. The van der Waals surface area contributed by atoms with E-state index in [2.05, 4.69) is 39.3 Å². The van der Waals surface area contributed by atoms with Gasteiger partial charge in [-0.25, -0.2) is 9.78 Å². The van der Waals surface area contributed by atoms with Crippen molar-refractivity contribution < 1.29 is 23.8 Å². The van der Waals surface area contributed by atoms with Crippen LogP contribution in [0.4, 0.5) is 22.2 Å². The number of methoxy groups -OCH3 is 2. The van der Waals surface area contributed by atoms with E-state index in [-0.39, 0.29) is 17.6 Å². The van der Waals surface area contributed by atoms with Gasteiger partial charge in [-0.15, -0.1) is 0 Å². The van der Waals surface area contributed by atoms with Gasteiger partial charge >= 0.3 is 6.09 Å². The molecule has 0 spiro atoms. The van der Waals surface area contributed by atoms with E-state index in [1.807, 2.05) is 0 Å². The van der Waals surface area contributed by atoms with Crippen LogP contribution in [0.3, 0.4) is 0 Å². The number of likely N-dealkylation sites (N-methyl/N-ethyl adjacent to an activating group) is 1. The smallest absolute Gasteiger partial charge is 0.420 e. The summed E-state index contributed by atoms with van der Waals surface area (Å²) >= 11 is 0. The number of carbonyl (C=O) groups excluding carboxylic acids is 2. The minimum Gasteiger partial charge on any atom is -0.497 e. The number of nitrogens with one attached hydrogen (secondary N) is 2. The number of rotatable bonds is 12. The largest absolute Gasteiger partial charge is 0.497 e. The van der Waals surface area contributed by atoms with Crippen LogP contribution in [0.2, 0.25) is 0 Å². The van der Waals surface area contributed by atoms with Crippen LogP contribution in [0.25, 0.3) is 0 Å². The van der Waals surface area contributed by atoms with Crippen molar-refractivity contribution >= 4 is 29.5 Å². The van der Waals surface area contributed by atoms with Gasteiger partial charge < -0.3 is 29.7 Å². The second-order valence-electron chi connectivity index (χ2n) is 8.17. The SMILES string of the molecule is CCN(CC)CCNC(=O)c1ccc(Nc2nccc(N(C)C(=O)Oc3cc(OC)ccc3OC)n2)cc1. The normalized spacial score (nSPS) is 10.6. The van der Waals surface area contributed by atoms with Gasteiger partial charge in [0.05, 0.1) is 14.2 Å². The molecule has 1 aromatic heterocycles. The molecule has 2 aromatic carbocycles. The summed E-state index contributed by atoms with van der Waals surface area (Å²) < 4.78 is 16.0. The molecule has 0 bridgehead atoms. The van der Waals surface area contributed by atoms with Crippen LogP contribution in [-0.4, -0.2) is 74.3 Å². The molecule has 0 fully saturated rings. The lowest BCUT2D eigenvalue weighted by molar-refractivity contribution is 0.0949. The number of carbonyl (C=O) groups is 2. The molecule has 0 aliphatic carbocycles. The van der Waals surface area contributed by atoms with Crippen molar-refractivity contribution in [3.8, 4) is 17.2 Å². The number of nitrogens with zero attached hydrogens (tertiary/aromatic N) is 4. The summed E-state index contributed by atoms with van der Waals surface area (Å²) in [4.78, 5) is 37.3. The van der Waals surface area contributed by atoms with E-state index in [0.717, 1.165) is 19.6 Å². The van der Waals surface area contributed by atoms with Gasteiger partial charge in [-0.3, -0.25) is 9.69 Å². The molecule has 0 radical (unpaired) electrons.